The molecule has 0 bridgehead atoms. The van der Waals surface area contributed by atoms with Gasteiger partial charge in [0.05, 0.1) is 18.2 Å². The van der Waals surface area contributed by atoms with Gasteiger partial charge in [-0.1, -0.05) is 0 Å². The molecule has 1 aromatic rings. The molecule has 33 heavy (non-hydrogen) atoms. The topological polar surface area (TPSA) is 163 Å². The van der Waals surface area contributed by atoms with E-state index in [0.29, 0.717) is 41.7 Å². The lowest BCUT2D eigenvalue weighted by Crippen LogP contribution is -2.50. The number of hydrogen-bond donors (Lipinski definition) is 4. The van der Waals surface area contributed by atoms with Gasteiger partial charge in [0.25, 0.3) is 10.0 Å². The molecule has 1 heterocycles. The van der Waals surface area contributed by atoms with Crippen LogP contribution in [0.3, 0.4) is 0 Å². The number of methoxy groups -OCH3 is 1. The number of guanidine groups is 1. The Morgan fingerprint density at radius 3 is 2.67 bits per heavy atom. The predicted octanol–water partition coefficient (Wildman–Crippen LogP) is 0.615. The lowest BCUT2D eigenvalue weighted by Gasteiger charge is -2.30. The number of ether oxygens (including phenoxy) is 1. The maximum Gasteiger partial charge on any atom is 0.326 e. The van der Waals surface area contributed by atoms with Gasteiger partial charge >= 0.3 is 5.97 Å². The second kappa shape index (κ2) is 11.3. The molecular formula is C21H33N5O6S. The van der Waals surface area contributed by atoms with Crippen LogP contribution in [-0.2, 0) is 19.6 Å². The molecule has 0 unspecified atom stereocenters. The van der Waals surface area contributed by atoms with E-state index in [4.69, 9.17) is 10.5 Å². The summed E-state index contributed by atoms with van der Waals surface area (Å²) < 4.78 is 34.7. The van der Waals surface area contributed by atoms with E-state index in [1.54, 1.807) is 26.8 Å². The minimum absolute atomic E-state index is 0.0715. The van der Waals surface area contributed by atoms with Gasteiger partial charge in [0.1, 0.15) is 11.8 Å². The molecule has 1 amide bonds. The lowest BCUT2D eigenvalue weighted by atomic mass is 10.1. The molecule has 0 aliphatic carbocycles. The Bertz CT molecular complexity index is 1000. The molecule has 1 aliphatic rings. The van der Waals surface area contributed by atoms with Gasteiger partial charge in [-0.15, -0.1) is 4.40 Å². The summed E-state index contributed by atoms with van der Waals surface area (Å²) in [6, 6.07) is 0.646. The molecule has 11 nitrogen and oxygen atoms in total. The molecule has 0 spiro atoms. The lowest BCUT2D eigenvalue weighted by molar-refractivity contribution is -0.148. The van der Waals surface area contributed by atoms with E-state index in [0.717, 1.165) is 13.0 Å². The summed E-state index contributed by atoms with van der Waals surface area (Å²) in [4.78, 5) is 24.5. The fraction of sp³-hybridized carbons (Fsp3) is 0.571. The number of sulfonamides is 1. The quantitative estimate of drug-likeness (QED) is 0.153. The number of rotatable bonds is 11. The summed E-state index contributed by atoms with van der Waals surface area (Å²) in [5.74, 6) is -0.802. The number of carboxylic acids is 1. The monoisotopic (exact) mass is 483 g/mol. The van der Waals surface area contributed by atoms with Gasteiger partial charge in [0.2, 0.25) is 12.4 Å². The van der Waals surface area contributed by atoms with E-state index in [2.05, 4.69) is 15.0 Å². The van der Waals surface area contributed by atoms with Crippen molar-refractivity contribution in [3.05, 3.63) is 22.8 Å². The molecule has 1 aliphatic heterocycles. The van der Waals surface area contributed by atoms with Crippen molar-refractivity contribution in [3.8, 4) is 5.75 Å². The highest BCUT2D eigenvalue weighted by molar-refractivity contribution is 7.90. The second-order valence-corrected chi connectivity index (χ2v) is 9.56. The fourth-order valence-electron chi connectivity index (χ4n) is 4.03. The van der Waals surface area contributed by atoms with Gasteiger partial charge in [-0.3, -0.25) is 10.1 Å². The molecule has 0 radical (unpaired) electrons. The van der Waals surface area contributed by atoms with Gasteiger partial charge in [0.15, 0.2) is 0 Å². The van der Waals surface area contributed by atoms with Gasteiger partial charge in [-0.05, 0) is 75.8 Å². The summed E-state index contributed by atoms with van der Waals surface area (Å²) in [6.45, 7) is 6.03. The largest absolute Gasteiger partial charge is 0.496 e. The molecule has 12 heteroatoms. The summed E-state index contributed by atoms with van der Waals surface area (Å²) in [5, 5.41) is 15.4. The molecule has 5 N–H and O–H groups in total. The number of nitrogens with one attached hydrogen (secondary N) is 2. The molecule has 1 fully saturated rings. The molecule has 1 aromatic carbocycles. The maximum absolute atomic E-state index is 12.9. The van der Waals surface area contributed by atoms with E-state index in [-0.39, 0.29) is 30.0 Å². The zero-order valence-electron chi connectivity index (χ0n) is 19.4. The van der Waals surface area contributed by atoms with Crippen LogP contribution < -0.4 is 21.1 Å². The van der Waals surface area contributed by atoms with Crippen molar-refractivity contribution in [3.63, 3.8) is 0 Å². The Morgan fingerprint density at radius 2 is 2.12 bits per heavy atom. The van der Waals surface area contributed by atoms with E-state index >= 15 is 0 Å². The van der Waals surface area contributed by atoms with Crippen molar-refractivity contribution in [2.24, 2.45) is 10.1 Å². The predicted molar refractivity (Wildman–Crippen MR) is 124 cm³/mol. The van der Waals surface area contributed by atoms with Crippen molar-refractivity contribution >= 4 is 28.4 Å². The Labute approximate surface area is 194 Å². The number of nitrogens with zero attached hydrogens (tertiary/aromatic N) is 2. The molecule has 2 rings (SSSR count). The van der Waals surface area contributed by atoms with Gasteiger partial charge in [-0.2, -0.15) is 8.42 Å². The van der Waals surface area contributed by atoms with E-state index in [1.807, 2.05) is 0 Å². The van der Waals surface area contributed by atoms with Crippen molar-refractivity contribution in [2.75, 3.05) is 20.2 Å². The van der Waals surface area contributed by atoms with Crippen LogP contribution in [0.15, 0.2) is 15.4 Å². The molecule has 2 atom stereocenters. The zero-order chi connectivity index (χ0) is 24.8. The zero-order valence-corrected chi connectivity index (χ0v) is 20.2. The molecule has 0 aromatic heterocycles. The summed E-state index contributed by atoms with van der Waals surface area (Å²) in [5.41, 5.74) is 7.51. The normalized spacial score (nSPS) is 17.5. The molecule has 184 valence electrons. The van der Waals surface area contributed by atoms with E-state index in [1.165, 1.54) is 12.0 Å². The Balaban J connectivity index is 2.04. The average molecular weight is 484 g/mol. The molecular weight excluding hydrogens is 450 g/mol. The van der Waals surface area contributed by atoms with Crippen molar-refractivity contribution in [1.29, 1.82) is 0 Å². The van der Waals surface area contributed by atoms with Crippen molar-refractivity contribution in [1.82, 2.24) is 15.5 Å². The highest BCUT2D eigenvalue weighted by Crippen LogP contribution is 2.31. The number of carbonyl (C=O) groups excluding carboxylic acids is 1. The number of aliphatic carboxylic acids is 1. The van der Waals surface area contributed by atoms with Crippen molar-refractivity contribution < 1.29 is 27.9 Å². The van der Waals surface area contributed by atoms with Gasteiger partial charge < -0.3 is 25.8 Å². The van der Waals surface area contributed by atoms with Crippen LogP contribution in [0, 0.1) is 20.8 Å². The second-order valence-electron chi connectivity index (χ2n) is 8.01. The van der Waals surface area contributed by atoms with E-state index in [9.17, 15) is 23.1 Å². The van der Waals surface area contributed by atoms with Crippen LogP contribution in [0.5, 0.6) is 5.75 Å². The smallest absolute Gasteiger partial charge is 0.326 e. The Kier molecular flexibility index (Phi) is 9.06. The van der Waals surface area contributed by atoms with Crippen LogP contribution in [0.1, 0.15) is 42.4 Å². The standard InChI is InChI=1S/C21H33N5O6S/c1-13-11-17(32-4)14(2)15(3)19(13)33(30,31)25-21(22)24-10-5-7-16(20(28)29)26(12-27)18-8-6-9-23-18/h11-12,16,18,23H,5-10H2,1-4H3,(H,28,29)(H3,22,24,25)/t16-,18-/m0/s1. The first kappa shape index (κ1) is 26.4. The molecule has 1 saturated heterocycles. The molecule has 0 saturated carbocycles. The van der Waals surface area contributed by atoms with Crippen LogP contribution in [0.4, 0.5) is 0 Å². The maximum atomic E-state index is 12.9. The third kappa shape index (κ3) is 6.35. The first-order valence-electron chi connectivity index (χ1n) is 10.7. The highest BCUT2D eigenvalue weighted by Gasteiger charge is 2.31. The SMILES string of the molecule is COc1cc(C)c(S(=O)(=O)N=C(N)NCCC[C@@H](C(=O)O)N(C=O)[C@H]2CCCN2)c(C)c1C. The highest BCUT2D eigenvalue weighted by atomic mass is 32.2. The minimum atomic E-state index is -4.08. The third-order valence-corrected chi connectivity index (χ3v) is 7.38. The number of carbonyl (C=O) groups is 2. The van der Waals surface area contributed by atoms with Gasteiger partial charge in [-0.25, -0.2) is 4.79 Å². The third-order valence-electron chi connectivity index (χ3n) is 5.80. The Hall–Kier alpha value is -2.86. The summed E-state index contributed by atoms with van der Waals surface area (Å²) >= 11 is 0. The summed E-state index contributed by atoms with van der Waals surface area (Å²) in [6.07, 6.45) is 2.34. The number of amides is 1. The van der Waals surface area contributed by atoms with E-state index < -0.39 is 22.0 Å². The number of hydrogen-bond acceptors (Lipinski definition) is 6. The van der Waals surface area contributed by atoms with Crippen LogP contribution in [0.2, 0.25) is 0 Å². The number of carboxylic acid groups (broad SMARTS) is 1. The number of aryl methyl sites for hydroxylation is 1. The first-order chi connectivity index (χ1) is 15.5. The van der Waals surface area contributed by atoms with Gasteiger partial charge in [0, 0.05) is 6.54 Å². The average Bonchev–Trinajstić information content (AvgIpc) is 3.26. The van der Waals surface area contributed by atoms with Crippen LogP contribution >= 0.6 is 0 Å². The minimum Gasteiger partial charge on any atom is -0.496 e. The number of nitrogens with two attached hydrogens (primary N) is 1. The van der Waals surface area contributed by atoms with Crippen molar-refractivity contribution in [2.45, 2.75) is 63.6 Å². The number of benzene rings is 1. The van der Waals surface area contributed by atoms with Crippen LogP contribution in [-0.4, -0.2) is 69.2 Å². The Morgan fingerprint density at radius 1 is 1.42 bits per heavy atom. The van der Waals surface area contributed by atoms with Crippen LogP contribution in [0.25, 0.3) is 0 Å². The fourth-order valence-corrected chi connectivity index (χ4v) is 5.45. The summed E-state index contributed by atoms with van der Waals surface area (Å²) in [7, 11) is -2.56. The first-order valence-corrected chi connectivity index (χ1v) is 12.2.